The average molecular weight is 456 g/mol. The van der Waals surface area contributed by atoms with Gasteiger partial charge in [-0.15, -0.1) is 11.3 Å². The third-order valence-electron chi connectivity index (χ3n) is 5.34. The zero-order chi connectivity index (χ0) is 22.8. The predicted molar refractivity (Wildman–Crippen MR) is 131 cm³/mol. The van der Waals surface area contributed by atoms with Gasteiger partial charge in [0.1, 0.15) is 11.6 Å². The minimum absolute atomic E-state index is 0.201. The molecule has 0 aliphatic carbocycles. The Morgan fingerprint density at radius 2 is 1.79 bits per heavy atom. The van der Waals surface area contributed by atoms with E-state index in [9.17, 15) is 9.59 Å². The first-order chi connectivity index (χ1) is 16.1. The van der Waals surface area contributed by atoms with Crippen molar-refractivity contribution in [2.75, 3.05) is 10.6 Å². The quantitative estimate of drug-likeness (QED) is 0.380. The Labute approximate surface area is 194 Å². The van der Waals surface area contributed by atoms with E-state index in [2.05, 4.69) is 27.8 Å². The van der Waals surface area contributed by atoms with Crippen molar-refractivity contribution in [1.29, 1.82) is 0 Å². The summed E-state index contributed by atoms with van der Waals surface area (Å²) < 4.78 is 2.83. The van der Waals surface area contributed by atoms with Crippen LogP contribution in [-0.4, -0.2) is 26.2 Å². The third-order valence-corrected chi connectivity index (χ3v) is 6.30. The number of aromatic nitrogens is 3. The summed E-state index contributed by atoms with van der Waals surface area (Å²) in [7, 11) is 0. The highest BCUT2D eigenvalue weighted by Crippen LogP contribution is 2.28. The van der Waals surface area contributed by atoms with E-state index in [1.165, 1.54) is 23.8 Å². The lowest BCUT2D eigenvalue weighted by Gasteiger charge is -2.09. The van der Waals surface area contributed by atoms with Crippen molar-refractivity contribution in [3.8, 4) is 0 Å². The molecule has 0 saturated carbocycles. The highest BCUT2D eigenvalue weighted by atomic mass is 32.1. The van der Waals surface area contributed by atoms with E-state index in [0.717, 1.165) is 22.2 Å². The zero-order valence-electron chi connectivity index (χ0n) is 17.9. The van der Waals surface area contributed by atoms with Crippen LogP contribution in [0.25, 0.3) is 15.7 Å². The lowest BCUT2D eigenvalue weighted by Crippen LogP contribution is -2.15. The third kappa shape index (κ3) is 4.33. The molecule has 5 rings (SSSR count). The van der Waals surface area contributed by atoms with Crippen LogP contribution in [-0.2, 0) is 17.6 Å². The number of nitrogens with zero attached hydrogens (tertiary/aromatic N) is 3. The number of benzene rings is 2. The number of amides is 2. The summed E-state index contributed by atoms with van der Waals surface area (Å²) in [5.41, 5.74) is 3.16. The normalized spacial score (nSPS) is 11.1. The van der Waals surface area contributed by atoms with Gasteiger partial charge in [0.2, 0.25) is 5.91 Å². The van der Waals surface area contributed by atoms with Crippen LogP contribution >= 0.6 is 11.3 Å². The van der Waals surface area contributed by atoms with Crippen molar-refractivity contribution in [2.45, 2.75) is 19.8 Å². The molecule has 164 valence electrons. The number of rotatable bonds is 6. The maximum absolute atomic E-state index is 13.3. The number of thiophene rings is 1. The molecule has 0 aliphatic rings. The Hall–Kier alpha value is -4.04. The van der Waals surface area contributed by atoms with Crippen molar-refractivity contribution < 1.29 is 9.59 Å². The molecular weight excluding hydrogens is 434 g/mol. The average Bonchev–Trinajstić information content (AvgIpc) is 3.40. The molecule has 33 heavy (non-hydrogen) atoms. The summed E-state index contributed by atoms with van der Waals surface area (Å²) in [6, 6.07) is 18.0. The summed E-state index contributed by atoms with van der Waals surface area (Å²) in [6.45, 7) is 1.43. The lowest BCUT2D eigenvalue weighted by molar-refractivity contribution is -0.114. The molecule has 3 aromatic heterocycles. The molecule has 0 radical (unpaired) electrons. The Morgan fingerprint density at radius 1 is 1.00 bits per heavy atom. The topological polar surface area (TPSA) is 88.4 Å². The fraction of sp³-hybridized carbons (Fsp3) is 0.120. The first-order valence-electron chi connectivity index (χ1n) is 10.5. The van der Waals surface area contributed by atoms with Gasteiger partial charge in [0.25, 0.3) is 5.91 Å². The Bertz CT molecular complexity index is 1470. The number of imidazole rings is 1. The number of anilines is 2. The standard InChI is InChI=1S/C25H21N5O2S/c1-16(31)27-22-14-30-23(13-26-22)28-20(12-11-17-7-3-2-4-8-17)24(30)29-25(32)19-15-33-21-10-6-5-9-18(19)21/h2-10,13-15H,11-12H2,1H3,(H,27,31)(H,29,32). The van der Waals surface area contributed by atoms with Crippen molar-refractivity contribution in [3.05, 3.63) is 89.2 Å². The van der Waals surface area contributed by atoms with Crippen LogP contribution in [0.5, 0.6) is 0 Å². The highest BCUT2D eigenvalue weighted by molar-refractivity contribution is 7.17. The van der Waals surface area contributed by atoms with E-state index in [1.54, 1.807) is 16.8 Å². The SMILES string of the molecule is CC(=O)Nc1cn2c(NC(=O)c3csc4ccccc34)c(CCc3ccccc3)nc2cn1. The summed E-state index contributed by atoms with van der Waals surface area (Å²) in [5, 5.41) is 8.55. The van der Waals surface area contributed by atoms with Crippen LogP contribution < -0.4 is 10.6 Å². The molecule has 0 aliphatic heterocycles. The van der Waals surface area contributed by atoms with Gasteiger partial charge < -0.3 is 10.6 Å². The minimum Gasteiger partial charge on any atom is -0.310 e. The monoisotopic (exact) mass is 455 g/mol. The van der Waals surface area contributed by atoms with Gasteiger partial charge >= 0.3 is 0 Å². The molecule has 2 N–H and O–H groups in total. The first-order valence-corrected chi connectivity index (χ1v) is 11.4. The predicted octanol–water partition coefficient (Wildman–Crippen LogP) is 4.94. The van der Waals surface area contributed by atoms with Gasteiger partial charge in [0, 0.05) is 22.4 Å². The Morgan fingerprint density at radius 3 is 2.61 bits per heavy atom. The van der Waals surface area contributed by atoms with Crippen LogP contribution in [0.2, 0.25) is 0 Å². The van der Waals surface area contributed by atoms with Crippen LogP contribution in [0.3, 0.4) is 0 Å². The number of carbonyl (C=O) groups is 2. The highest BCUT2D eigenvalue weighted by Gasteiger charge is 2.19. The number of carbonyl (C=O) groups excluding carboxylic acids is 2. The van der Waals surface area contributed by atoms with Gasteiger partial charge in [-0.2, -0.15) is 0 Å². The minimum atomic E-state index is -0.221. The summed E-state index contributed by atoms with van der Waals surface area (Å²) >= 11 is 1.54. The molecule has 2 aromatic carbocycles. The second kappa shape index (κ2) is 8.84. The van der Waals surface area contributed by atoms with Crippen LogP contribution in [0.15, 0.2) is 72.4 Å². The van der Waals surface area contributed by atoms with E-state index in [0.29, 0.717) is 29.3 Å². The largest absolute Gasteiger partial charge is 0.310 e. The van der Waals surface area contributed by atoms with Crippen LogP contribution in [0.1, 0.15) is 28.5 Å². The van der Waals surface area contributed by atoms with Gasteiger partial charge in [-0.3, -0.25) is 14.0 Å². The molecule has 0 bridgehead atoms. The van der Waals surface area contributed by atoms with Gasteiger partial charge in [-0.1, -0.05) is 48.5 Å². The van der Waals surface area contributed by atoms with Gasteiger partial charge in [-0.05, 0) is 24.5 Å². The summed E-state index contributed by atoms with van der Waals surface area (Å²) in [6.07, 6.45) is 4.69. The van der Waals surface area contributed by atoms with E-state index in [-0.39, 0.29) is 11.8 Å². The van der Waals surface area contributed by atoms with Crippen molar-refractivity contribution in [3.63, 3.8) is 0 Å². The molecular formula is C25H21N5O2S. The van der Waals surface area contributed by atoms with Gasteiger partial charge in [0.05, 0.1) is 23.7 Å². The van der Waals surface area contributed by atoms with E-state index in [1.807, 2.05) is 47.8 Å². The maximum Gasteiger partial charge on any atom is 0.258 e. The first kappa shape index (κ1) is 20.8. The molecule has 5 aromatic rings. The molecule has 0 atom stereocenters. The fourth-order valence-corrected chi connectivity index (χ4v) is 4.73. The number of hydrogen-bond donors (Lipinski definition) is 2. The number of hydrogen-bond acceptors (Lipinski definition) is 5. The fourth-order valence-electron chi connectivity index (χ4n) is 3.79. The number of nitrogens with one attached hydrogen (secondary N) is 2. The van der Waals surface area contributed by atoms with E-state index >= 15 is 0 Å². The molecule has 8 heteroatoms. The molecule has 7 nitrogen and oxygen atoms in total. The summed E-state index contributed by atoms with van der Waals surface area (Å²) in [4.78, 5) is 33.8. The molecule has 3 heterocycles. The van der Waals surface area contributed by atoms with Crippen molar-refractivity contribution in [2.24, 2.45) is 0 Å². The molecule has 0 unspecified atom stereocenters. The second-order valence-electron chi connectivity index (χ2n) is 7.67. The lowest BCUT2D eigenvalue weighted by atomic mass is 10.1. The van der Waals surface area contributed by atoms with Crippen LogP contribution in [0.4, 0.5) is 11.6 Å². The summed E-state index contributed by atoms with van der Waals surface area (Å²) in [5.74, 6) is 0.545. The molecule has 2 amide bonds. The molecule has 0 fully saturated rings. The zero-order valence-corrected chi connectivity index (χ0v) is 18.7. The van der Waals surface area contributed by atoms with Gasteiger partial charge in [0.15, 0.2) is 5.65 Å². The van der Waals surface area contributed by atoms with Crippen molar-refractivity contribution in [1.82, 2.24) is 14.4 Å². The van der Waals surface area contributed by atoms with Crippen molar-refractivity contribution >= 4 is 50.5 Å². The Kier molecular flexibility index (Phi) is 5.58. The van der Waals surface area contributed by atoms with E-state index < -0.39 is 0 Å². The number of aryl methyl sites for hydroxylation is 2. The van der Waals surface area contributed by atoms with Crippen LogP contribution in [0, 0.1) is 0 Å². The molecule has 0 saturated heterocycles. The number of fused-ring (bicyclic) bond motifs is 2. The smallest absolute Gasteiger partial charge is 0.258 e. The molecule has 0 spiro atoms. The van der Waals surface area contributed by atoms with E-state index in [4.69, 9.17) is 4.98 Å². The maximum atomic E-state index is 13.3. The van der Waals surface area contributed by atoms with Gasteiger partial charge in [-0.25, -0.2) is 9.97 Å². The second-order valence-corrected chi connectivity index (χ2v) is 8.59. The Balaban J connectivity index is 1.53.